The lowest BCUT2D eigenvalue weighted by atomic mass is 9.97. The van der Waals surface area contributed by atoms with Gasteiger partial charge in [0.15, 0.2) is 0 Å². The molecule has 0 aliphatic carbocycles. The van der Waals surface area contributed by atoms with Crippen LogP contribution in [0.3, 0.4) is 0 Å². The molecule has 7 heteroatoms. The summed E-state index contributed by atoms with van der Waals surface area (Å²) in [5.41, 5.74) is 0.377. The average Bonchev–Trinajstić information content (AvgIpc) is 2.61. The molecule has 0 bridgehead atoms. The van der Waals surface area contributed by atoms with Crippen molar-refractivity contribution in [3.05, 3.63) is 33.8 Å². The predicted molar refractivity (Wildman–Crippen MR) is 113 cm³/mol. The lowest BCUT2D eigenvalue weighted by Gasteiger charge is -2.35. The minimum absolute atomic E-state index is 0.112. The number of carbonyl (C=O) groups is 2. The van der Waals surface area contributed by atoms with Crippen molar-refractivity contribution < 1.29 is 14.3 Å². The minimum atomic E-state index is -0.512. The number of amides is 2. The zero-order chi connectivity index (χ0) is 20.9. The van der Waals surface area contributed by atoms with E-state index in [9.17, 15) is 9.59 Å². The Morgan fingerprint density at radius 1 is 1.29 bits per heavy atom. The molecule has 5 nitrogen and oxygen atoms in total. The molecule has 1 aromatic rings. The van der Waals surface area contributed by atoms with Gasteiger partial charge in [-0.05, 0) is 57.6 Å². The number of hydrogen-bond donors (Lipinski definition) is 0. The van der Waals surface area contributed by atoms with Gasteiger partial charge >= 0.3 is 6.09 Å². The lowest BCUT2D eigenvalue weighted by molar-refractivity contribution is -0.133. The lowest BCUT2D eigenvalue weighted by Crippen LogP contribution is -2.45. The van der Waals surface area contributed by atoms with Gasteiger partial charge in [0, 0.05) is 33.1 Å². The van der Waals surface area contributed by atoms with Crippen LogP contribution >= 0.6 is 23.2 Å². The molecule has 0 N–H and O–H groups in total. The largest absolute Gasteiger partial charge is 0.444 e. The highest BCUT2D eigenvalue weighted by molar-refractivity contribution is 6.42. The molecule has 1 fully saturated rings. The van der Waals surface area contributed by atoms with Crippen molar-refractivity contribution in [1.29, 1.82) is 0 Å². The zero-order valence-corrected chi connectivity index (χ0v) is 18.6. The van der Waals surface area contributed by atoms with Crippen LogP contribution in [-0.4, -0.2) is 54.1 Å². The fourth-order valence-electron chi connectivity index (χ4n) is 3.38. The van der Waals surface area contributed by atoms with Crippen molar-refractivity contribution in [2.24, 2.45) is 5.92 Å². The van der Waals surface area contributed by atoms with Gasteiger partial charge in [-0.25, -0.2) is 4.79 Å². The molecule has 0 spiro atoms. The van der Waals surface area contributed by atoms with Crippen LogP contribution in [0.5, 0.6) is 0 Å². The summed E-state index contributed by atoms with van der Waals surface area (Å²) in [5, 5.41) is 1.03. The van der Waals surface area contributed by atoms with Crippen molar-refractivity contribution in [3.8, 4) is 0 Å². The molecule has 1 aliphatic heterocycles. The minimum Gasteiger partial charge on any atom is -0.444 e. The van der Waals surface area contributed by atoms with Crippen LogP contribution in [0, 0.1) is 5.92 Å². The monoisotopic (exact) mass is 428 g/mol. The number of halogens is 2. The first kappa shape index (κ1) is 22.8. The van der Waals surface area contributed by atoms with Gasteiger partial charge in [-0.2, -0.15) is 0 Å². The second kappa shape index (κ2) is 9.84. The second-order valence-corrected chi connectivity index (χ2v) is 9.21. The molecule has 1 unspecified atom stereocenters. The summed E-state index contributed by atoms with van der Waals surface area (Å²) in [5.74, 6) is 0.366. The first-order chi connectivity index (χ1) is 13.1. The number of piperidine rings is 1. The number of nitrogens with zero attached hydrogens (tertiary/aromatic N) is 2. The van der Waals surface area contributed by atoms with E-state index in [1.807, 2.05) is 37.8 Å². The van der Waals surface area contributed by atoms with Crippen molar-refractivity contribution in [2.75, 3.05) is 26.7 Å². The summed E-state index contributed by atoms with van der Waals surface area (Å²) in [6.45, 7) is 7.56. The first-order valence-electron chi connectivity index (χ1n) is 9.71. The molecule has 0 saturated carbocycles. The maximum Gasteiger partial charge on any atom is 0.410 e. The third kappa shape index (κ3) is 6.85. The molecule has 1 aromatic carbocycles. The van der Waals surface area contributed by atoms with E-state index in [1.165, 1.54) is 0 Å². The van der Waals surface area contributed by atoms with Crippen LogP contribution in [0.25, 0.3) is 0 Å². The Hall–Kier alpha value is -1.46. The van der Waals surface area contributed by atoms with E-state index >= 15 is 0 Å². The summed E-state index contributed by atoms with van der Waals surface area (Å²) in [7, 11) is 1.75. The van der Waals surface area contributed by atoms with E-state index < -0.39 is 5.60 Å². The Morgan fingerprint density at radius 2 is 2.00 bits per heavy atom. The van der Waals surface area contributed by atoms with Gasteiger partial charge in [0.05, 0.1) is 10.0 Å². The zero-order valence-electron chi connectivity index (χ0n) is 17.1. The van der Waals surface area contributed by atoms with Gasteiger partial charge in [0.25, 0.3) is 0 Å². The summed E-state index contributed by atoms with van der Waals surface area (Å²) in [6.07, 6.45) is 2.57. The summed E-state index contributed by atoms with van der Waals surface area (Å²) >= 11 is 12.3. The number of rotatable bonds is 5. The number of aryl methyl sites for hydroxylation is 1. The van der Waals surface area contributed by atoms with Crippen LogP contribution in [0.2, 0.25) is 10.0 Å². The molecule has 2 rings (SSSR count). The van der Waals surface area contributed by atoms with Gasteiger partial charge in [-0.15, -0.1) is 0 Å². The third-order valence-electron chi connectivity index (χ3n) is 4.75. The van der Waals surface area contributed by atoms with Crippen LogP contribution in [-0.2, 0) is 16.0 Å². The smallest absolute Gasteiger partial charge is 0.410 e. The highest BCUT2D eigenvalue weighted by Crippen LogP contribution is 2.27. The topological polar surface area (TPSA) is 49.9 Å². The van der Waals surface area contributed by atoms with Gasteiger partial charge in [-0.3, -0.25) is 4.79 Å². The Kier molecular flexibility index (Phi) is 8.02. The number of likely N-dealkylation sites (tertiary alicyclic amines) is 1. The van der Waals surface area contributed by atoms with Crippen LogP contribution in [0.4, 0.5) is 4.79 Å². The number of hydrogen-bond acceptors (Lipinski definition) is 3. The Labute approximate surface area is 177 Å². The van der Waals surface area contributed by atoms with E-state index in [0.717, 1.165) is 24.9 Å². The molecular weight excluding hydrogens is 399 g/mol. The molecule has 156 valence electrons. The molecule has 0 radical (unpaired) electrons. The van der Waals surface area contributed by atoms with Gasteiger partial charge in [0.1, 0.15) is 5.60 Å². The maximum absolute atomic E-state index is 12.7. The van der Waals surface area contributed by atoms with Crippen LogP contribution in [0.1, 0.15) is 45.6 Å². The van der Waals surface area contributed by atoms with Gasteiger partial charge in [0.2, 0.25) is 5.91 Å². The highest BCUT2D eigenvalue weighted by atomic mass is 35.5. The molecular formula is C21H30Cl2N2O3. The van der Waals surface area contributed by atoms with Crippen molar-refractivity contribution in [1.82, 2.24) is 9.80 Å². The Balaban J connectivity index is 1.85. The fraction of sp³-hybridized carbons (Fsp3) is 0.619. The number of benzene rings is 1. The first-order valence-corrected chi connectivity index (χ1v) is 10.5. The Bertz CT molecular complexity index is 703. The fourth-order valence-corrected chi connectivity index (χ4v) is 3.80. The normalized spacial score (nSPS) is 17.4. The quantitative estimate of drug-likeness (QED) is 0.660. The standard InChI is InChI=1S/C21H30Cl2N2O3/c1-21(2,3)28-20(27)24(4)13-15-7-6-12-25(14-15)18(26)11-10-16-8-5-9-17(22)19(16)23/h5,8-9,15H,6-7,10-14H2,1-4H3. The second-order valence-electron chi connectivity index (χ2n) is 8.42. The van der Waals surface area contributed by atoms with E-state index in [2.05, 4.69) is 0 Å². The molecule has 2 amide bonds. The van der Waals surface area contributed by atoms with E-state index in [0.29, 0.717) is 36.0 Å². The predicted octanol–water partition coefficient (Wildman–Crippen LogP) is 5.03. The van der Waals surface area contributed by atoms with Crippen molar-refractivity contribution in [2.45, 2.75) is 52.1 Å². The van der Waals surface area contributed by atoms with Crippen molar-refractivity contribution in [3.63, 3.8) is 0 Å². The van der Waals surface area contributed by atoms with Crippen molar-refractivity contribution >= 4 is 35.2 Å². The SMILES string of the molecule is CN(CC1CCCN(C(=O)CCc2cccc(Cl)c2Cl)C1)C(=O)OC(C)(C)C. The van der Waals surface area contributed by atoms with E-state index in [4.69, 9.17) is 27.9 Å². The molecule has 1 atom stereocenters. The molecule has 1 saturated heterocycles. The van der Waals surface area contributed by atoms with Gasteiger partial charge in [-0.1, -0.05) is 35.3 Å². The number of ether oxygens (including phenoxy) is 1. The van der Waals surface area contributed by atoms with Crippen LogP contribution < -0.4 is 0 Å². The Morgan fingerprint density at radius 3 is 2.68 bits per heavy atom. The molecule has 0 aromatic heterocycles. The molecule has 1 heterocycles. The molecule has 1 aliphatic rings. The maximum atomic E-state index is 12.7. The summed E-state index contributed by atoms with van der Waals surface area (Å²) < 4.78 is 5.41. The number of carbonyl (C=O) groups excluding carboxylic acids is 2. The van der Waals surface area contributed by atoms with Gasteiger partial charge < -0.3 is 14.5 Å². The van der Waals surface area contributed by atoms with E-state index in [1.54, 1.807) is 18.0 Å². The summed E-state index contributed by atoms with van der Waals surface area (Å²) in [4.78, 5) is 28.3. The highest BCUT2D eigenvalue weighted by Gasteiger charge is 2.27. The average molecular weight is 429 g/mol. The van der Waals surface area contributed by atoms with Crippen LogP contribution in [0.15, 0.2) is 18.2 Å². The molecule has 28 heavy (non-hydrogen) atoms. The van der Waals surface area contributed by atoms with E-state index in [-0.39, 0.29) is 17.9 Å². The third-order valence-corrected chi connectivity index (χ3v) is 5.61. The summed E-state index contributed by atoms with van der Waals surface area (Å²) in [6, 6.07) is 5.49.